The number of carbonyl (C=O) groups excluding carboxylic acids is 1. The highest BCUT2D eigenvalue weighted by molar-refractivity contribution is 5.99. The fraction of sp³-hybridized carbons (Fsp3) is 0.857. The Hall–Kier alpha value is -0.860. The van der Waals surface area contributed by atoms with Crippen molar-refractivity contribution in [2.24, 2.45) is 10.9 Å². The predicted octanol–water partition coefficient (Wildman–Crippen LogP) is 3.00. The van der Waals surface area contributed by atoms with Gasteiger partial charge < -0.3 is 4.90 Å². The van der Waals surface area contributed by atoms with Crippen LogP contribution in [0.3, 0.4) is 0 Å². The minimum absolute atomic E-state index is 0.234. The molecule has 0 aromatic rings. The van der Waals surface area contributed by atoms with Gasteiger partial charge >= 0.3 is 0 Å². The van der Waals surface area contributed by atoms with E-state index in [1.165, 1.54) is 32.1 Å². The third kappa shape index (κ3) is 2.38. The maximum atomic E-state index is 12.4. The van der Waals surface area contributed by atoms with Gasteiger partial charge in [0.25, 0.3) is 5.91 Å². The molecule has 1 unspecified atom stereocenters. The summed E-state index contributed by atoms with van der Waals surface area (Å²) in [7, 11) is 0. The molecule has 0 saturated heterocycles. The Morgan fingerprint density at radius 3 is 2.76 bits per heavy atom. The Kier molecular flexibility index (Phi) is 3.85. The van der Waals surface area contributed by atoms with Crippen LogP contribution in [0, 0.1) is 5.92 Å². The van der Waals surface area contributed by atoms with E-state index in [1.807, 2.05) is 11.8 Å². The Morgan fingerprint density at radius 2 is 2.12 bits per heavy atom. The van der Waals surface area contributed by atoms with Crippen LogP contribution in [0.1, 0.15) is 58.8 Å². The SMILES string of the molecule is CCCCN1C=NC(C)(C2CCCCC2)C1=O. The van der Waals surface area contributed by atoms with Crippen LogP contribution in [0.4, 0.5) is 0 Å². The molecule has 1 heterocycles. The maximum Gasteiger partial charge on any atom is 0.255 e. The zero-order valence-electron chi connectivity index (χ0n) is 11.1. The standard InChI is InChI=1S/C14H24N2O/c1-3-4-10-16-11-15-14(2,13(16)17)12-8-6-5-7-9-12/h11-12H,3-10H2,1-2H3. The van der Waals surface area contributed by atoms with Crippen molar-refractivity contribution in [1.29, 1.82) is 0 Å². The van der Waals surface area contributed by atoms with Gasteiger partial charge in [-0.25, -0.2) is 0 Å². The zero-order chi connectivity index (χ0) is 12.3. The van der Waals surface area contributed by atoms with Gasteiger partial charge in [-0.05, 0) is 32.1 Å². The smallest absolute Gasteiger partial charge is 0.255 e. The van der Waals surface area contributed by atoms with Crippen molar-refractivity contribution in [1.82, 2.24) is 4.90 Å². The van der Waals surface area contributed by atoms with Crippen LogP contribution in [0.15, 0.2) is 4.99 Å². The molecule has 1 saturated carbocycles. The van der Waals surface area contributed by atoms with Gasteiger partial charge in [0.05, 0.1) is 6.34 Å². The van der Waals surface area contributed by atoms with E-state index in [2.05, 4.69) is 11.9 Å². The number of amides is 1. The van der Waals surface area contributed by atoms with Crippen LogP contribution in [-0.2, 0) is 4.79 Å². The summed E-state index contributed by atoms with van der Waals surface area (Å²) in [6.45, 7) is 5.02. The molecule has 0 bridgehead atoms. The molecule has 1 aliphatic heterocycles. The molecule has 0 aromatic heterocycles. The number of nitrogens with zero attached hydrogens (tertiary/aromatic N) is 2. The maximum absolute atomic E-state index is 12.4. The summed E-state index contributed by atoms with van der Waals surface area (Å²) in [6, 6.07) is 0. The average Bonchev–Trinajstić information content (AvgIpc) is 2.66. The van der Waals surface area contributed by atoms with Gasteiger partial charge in [-0.2, -0.15) is 0 Å². The van der Waals surface area contributed by atoms with Crippen molar-refractivity contribution in [3.8, 4) is 0 Å². The minimum atomic E-state index is -0.450. The normalized spacial score (nSPS) is 30.2. The number of carbonyl (C=O) groups is 1. The molecule has 2 rings (SSSR count). The van der Waals surface area contributed by atoms with Gasteiger partial charge in [-0.15, -0.1) is 0 Å². The summed E-state index contributed by atoms with van der Waals surface area (Å²) in [5.41, 5.74) is -0.450. The zero-order valence-corrected chi connectivity index (χ0v) is 11.1. The molecule has 17 heavy (non-hydrogen) atoms. The summed E-state index contributed by atoms with van der Waals surface area (Å²) in [6.07, 6.45) is 10.2. The molecule has 0 N–H and O–H groups in total. The lowest BCUT2D eigenvalue weighted by molar-refractivity contribution is -0.132. The van der Waals surface area contributed by atoms with Crippen molar-refractivity contribution in [2.45, 2.75) is 64.3 Å². The monoisotopic (exact) mass is 236 g/mol. The fourth-order valence-electron chi connectivity index (χ4n) is 3.02. The Bertz CT molecular complexity index is 307. The number of hydrogen-bond donors (Lipinski definition) is 0. The van der Waals surface area contributed by atoms with Gasteiger partial charge in [-0.3, -0.25) is 9.79 Å². The molecule has 0 spiro atoms. The van der Waals surface area contributed by atoms with Crippen LogP contribution >= 0.6 is 0 Å². The van der Waals surface area contributed by atoms with Crippen LogP contribution in [0.5, 0.6) is 0 Å². The number of rotatable bonds is 4. The van der Waals surface area contributed by atoms with E-state index in [-0.39, 0.29) is 5.91 Å². The lowest BCUT2D eigenvalue weighted by Gasteiger charge is -2.33. The van der Waals surface area contributed by atoms with E-state index in [4.69, 9.17) is 0 Å². The van der Waals surface area contributed by atoms with Crippen molar-refractivity contribution < 1.29 is 4.79 Å². The van der Waals surface area contributed by atoms with Crippen LogP contribution in [-0.4, -0.2) is 29.2 Å². The van der Waals surface area contributed by atoms with Crippen LogP contribution < -0.4 is 0 Å². The van der Waals surface area contributed by atoms with Crippen molar-refractivity contribution in [2.75, 3.05) is 6.54 Å². The Labute approximate surface area is 104 Å². The molecular weight excluding hydrogens is 212 g/mol. The molecule has 3 heteroatoms. The van der Waals surface area contributed by atoms with Crippen LogP contribution in [0.25, 0.3) is 0 Å². The third-order valence-electron chi connectivity index (χ3n) is 4.31. The largest absolute Gasteiger partial charge is 0.301 e. The highest BCUT2D eigenvalue weighted by atomic mass is 16.2. The lowest BCUT2D eigenvalue weighted by Crippen LogP contribution is -2.45. The molecule has 1 amide bonds. The Morgan fingerprint density at radius 1 is 1.41 bits per heavy atom. The summed E-state index contributed by atoms with van der Waals surface area (Å²) >= 11 is 0. The second-order valence-electron chi connectivity index (χ2n) is 5.58. The van der Waals surface area contributed by atoms with E-state index < -0.39 is 5.54 Å². The third-order valence-corrected chi connectivity index (χ3v) is 4.31. The van der Waals surface area contributed by atoms with E-state index in [0.29, 0.717) is 5.92 Å². The highest BCUT2D eigenvalue weighted by Crippen LogP contribution is 2.38. The number of unbranched alkanes of at least 4 members (excludes halogenated alkanes) is 1. The number of hydrogen-bond acceptors (Lipinski definition) is 2. The van der Waals surface area contributed by atoms with Crippen molar-refractivity contribution in [3.63, 3.8) is 0 Å². The van der Waals surface area contributed by atoms with E-state index in [9.17, 15) is 4.79 Å². The first-order chi connectivity index (χ1) is 8.18. The summed E-state index contributed by atoms with van der Waals surface area (Å²) in [5, 5.41) is 0. The minimum Gasteiger partial charge on any atom is -0.301 e. The molecule has 1 aliphatic carbocycles. The fourth-order valence-corrected chi connectivity index (χ4v) is 3.02. The Balaban J connectivity index is 2.01. The molecule has 3 nitrogen and oxygen atoms in total. The van der Waals surface area contributed by atoms with Crippen LogP contribution in [0.2, 0.25) is 0 Å². The van der Waals surface area contributed by atoms with Crippen molar-refractivity contribution in [3.05, 3.63) is 0 Å². The van der Waals surface area contributed by atoms with Gasteiger partial charge in [0, 0.05) is 6.54 Å². The topological polar surface area (TPSA) is 32.7 Å². The number of aliphatic imine (C=N–C) groups is 1. The first kappa shape index (κ1) is 12.6. The molecule has 1 atom stereocenters. The molecule has 0 aromatic carbocycles. The molecule has 1 fully saturated rings. The van der Waals surface area contributed by atoms with Gasteiger partial charge in [0.15, 0.2) is 0 Å². The van der Waals surface area contributed by atoms with Crippen molar-refractivity contribution >= 4 is 12.2 Å². The van der Waals surface area contributed by atoms with Gasteiger partial charge in [0.1, 0.15) is 5.54 Å². The van der Waals surface area contributed by atoms with E-state index >= 15 is 0 Å². The summed E-state index contributed by atoms with van der Waals surface area (Å²) < 4.78 is 0. The summed E-state index contributed by atoms with van der Waals surface area (Å²) in [4.78, 5) is 18.8. The average molecular weight is 236 g/mol. The molecule has 0 radical (unpaired) electrons. The van der Waals surface area contributed by atoms with E-state index in [1.54, 1.807) is 6.34 Å². The first-order valence-corrected chi connectivity index (χ1v) is 7.05. The second kappa shape index (κ2) is 5.19. The lowest BCUT2D eigenvalue weighted by atomic mass is 9.75. The van der Waals surface area contributed by atoms with E-state index in [0.717, 1.165) is 19.4 Å². The molecule has 2 aliphatic rings. The summed E-state index contributed by atoms with van der Waals surface area (Å²) in [5.74, 6) is 0.699. The molecular formula is C14H24N2O. The van der Waals surface area contributed by atoms with Gasteiger partial charge in [0.2, 0.25) is 0 Å². The second-order valence-corrected chi connectivity index (χ2v) is 5.58. The van der Waals surface area contributed by atoms with Gasteiger partial charge in [-0.1, -0.05) is 32.6 Å². The first-order valence-electron chi connectivity index (χ1n) is 7.05. The quantitative estimate of drug-likeness (QED) is 0.738. The predicted molar refractivity (Wildman–Crippen MR) is 70.1 cm³/mol. The molecule has 96 valence electrons. The highest BCUT2D eigenvalue weighted by Gasteiger charge is 2.46.